The van der Waals surface area contributed by atoms with Gasteiger partial charge in [-0.25, -0.2) is 4.79 Å². The number of amides is 3. The van der Waals surface area contributed by atoms with E-state index in [4.69, 9.17) is 4.74 Å². The number of nitrogens with one attached hydrogen (secondary N) is 2. The van der Waals surface area contributed by atoms with Gasteiger partial charge in [0.1, 0.15) is 5.60 Å². The summed E-state index contributed by atoms with van der Waals surface area (Å²) in [7, 11) is 0. The molecule has 1 aliphatic rings. The largest absolute Gasteiger partial charge is 0.444 e. The second-order valence-electron chi connectivity index (χ2n) is 10.3. The van der Waals surface area contributed by atoms with Crippen LogP contribution in [0.4, 0.5) is 4.79 Å². The van der Waals surface area contributed by atoms with Gasteiger partial charge in [0.15, 0.2) is 0 Å². The monoisotopic (exact) mass is 463 g/mol. The molecule has 1 aromatic rings. The predicted octanol–water partition coefficient (Wildman–Crippen LogP) is 2.58. The highest BCUT2D eigenvalue weighted by atomic mass is 16.6. The summed E-state index contributed by atoms with van der Waals surface area (Å²) in [6.07, 6.45) is 1.35. The van der Waals surface area contributed by atoms with Crippen LogP contribution in [-0.4, -0.2) is 64.4 Å². The number of aromatic nitrogens is 2. The Balaban J connectivity index is 1.83. The van der Waals surface area contributed by atoms with Crippen LogP contribution in [0.3, 0.4) is 0 Å². The Bertz CT molecular complexity index is 841. The molecule has 1 saturated heterocycles. The second-order valence-corrected chi connectivity index (χ2v) is 10.3. The summed E-state index contributed by atoms with van der Waals surface area (Å²) in [4.78, 5) is 39.1. The van der Waals surface area contributed by atoms with Crippen molar-refractivity contribution in [3.63, 3.8) is 0 Å². The molecule has 0 saturated carbocycles. The minimum absolute atomic E-state index is 0.0365. The maximum Gasteiger partial charge on any atom is 0.407 e. The van der Waals surface area contributed by atoms with Gasteiger partial charge in [0.2, 0.25) is 11.8 Å². The van der Waals surface area contributed by atoms with E-state index in [1.807, 2.05) is 18.5 Å². The van der Waals surface area contributed by atoms with Crippen LogP contribution in [0.25, 0.3) is 0 Å². The van der Waals surface area contributed by atoms with E-state index in [0.717, 1.165) is 36.3 Å². The molecule has 2 N–H and O–H groups in total. The lowest BCUT2D eigenvalue weighted by Gasteiger charge is -2.32. The van der Waals surface area contributed by atoms with Gasteiger partial charge in [0.25, 0.3) is 0 Å². The maximum absolute atomic E-state index is 13.0. The Kier molecular flexibility index (Phi) is 9.31. The Hall–Kier alpha value is -2.58. The van der Waals surface area contributed by atoms with E-state index < -0.39 is 11.7 Å². The summed E-state index contributed by atoms with van der Waals surface area (Å²) in [5, 5.41) is 10.1. The van der Waals surface area contributed by atoms with Gasteiger partial charge in [-0.3, -0.25) is 14.3 Å². The summed E-state index contributed by atoms with van der Waals surface area (Å²) in [6.45, 7) is 16.2. The van der Waals surface area contributed by atoms with Crippen LogP contribution >= 0.6 is 0 Å². The van der Waals surface area contributed by atoms with Crippen LogP contribution in [0.2, 0.25) is 0 Å². The van der Waals surface area contributed by atoms with Crippen LogP contribution in [0.15, 0.2) is 0 Å². The van der Waals surface area contributed by atoms with E-state index in [1.165, 1.54) is 0 Å². The number of hydrogen-bond donors (Lipinski definition) is 2. The van der Waals surface area contributed by atoms with Crippen molar-refractivity contribution in [2.45, 2.75) is 79.9 Å². The van der Waals surface area contributed by atoms with Crippen molar-refractivity contribution in [2.75, 3.05) is 26.2 Å². The third kappa shape index (κ3) is 8.37. The normalized spacial score (nSPS) is 16.6. The molecular weight excluding hydrogens is 422 g/mol. The molecule has 0 radical (unpaired) electrons. The molecule has 1 atom stereocenters. The fraction of sp³-hybridized carbons (Fsp3) is 0.750. The molecule has 9 heteroatoms. The Morgan fingerprint density at radius 3 is 2.45 bits per heavy atom. The number of rotatable bonds is 8. The van der Waals surface area contributed by atoms with E-state index in [0.29, 0.717) is 32.0 Å². The maximum atomic E-state index is 13.0. The highest BCUT2D eigenvalue weighted by Gasteiger charge is 2.29. The zero-order chi connectivity index (χ0) is 24.8. The fourth-order valence-electron chi connectivity index (χ4n) is 4.00. The van der Waals surface area contributed by atoms with Crippen molar-refractivity contribution in [3.8, 4) is 0 Å². The van der Waals surface area contributed by atoms with Crippen LogP contribution in [0.5, 0.6) is 0 Å². The summed E-state index contributed by atoms with van der Waals surface area (Å²) in [6, 6.07) is 0. The zero-order valence-electron chi connectivity index (χ0n) is 21.3. The quantitative estimate of drug-likeness (QED) is 0.577. The molecule has 1 aliphatic heterocycles. The molecule has 1 fully saturated rings. The van der Waals surface area contributed by atoms with Gasteiger partial charge in [0.05, 0.1) is 18.0 Å². The number of hydrogen-bond acceptors (Lipinski definition) is 5. The lowest BCUT2D eigenvalue weighted by molar-refractivity contribution is -0.135. The van der Waals surface area contributed by atoms with Gasteiger partial charge < -0.3 is 20.3 Å². The fourth-order valence-corrected chi connectivity index (χ4v) is 4.00. The second kappa shape index (κ2) is 11.5. The molecule has 33 heavy (non-hydrogen) atoms. The van der Waals surface area contributed by atoms with Crippen LogP contribution in [-0.2, 0) is 27.3 Å². The van der Waals surface area contributed by atoms with E-state index in [1.54, 1.807) is 25.7 Å². The highest BCUT2D eigenvalue weighted by molar-refractivity contribution is 5.82. The van der Waals surface area contributed by atoms with Gasteiger partial charge in [-0.15, -0.1) is 0 Å². The smallest absolute Gasteiger partial charge is 0.407 e. The third-order valence-electron chi connectivity index (χ3n) is 5.63. The molecule has 1 aromatic heterocycles. The number of carbonyl (C=O) groups excluding carboxylic acids is 3. The lowest BCUT2D eigenvalue weighted by atomic mass is 9.96. The number of aryl methyl sites for hydroxylation is 1. The molecule has 2 heterocycles. The first kappa shape index (κ1) is 26.7. The Morgan fingerprint density at radius 2 is 1.82 bits per heavy atom. The summed E-state index contributed by atoms with van der Waals surface area (Å²) in [5.74, 6) is 0.187. The minimum atomic E-state index is -0.560. The molecular formula is C24H41N5O4. The van der Waals surface area contributed by atoms with Crippen LogP contribution in [0.1, 0.15) is 64.4 Å². The molecule has 9 nitrogen and oxygen atoms in total. The number of alkyl carbamates (subject to hydrolysis) is 1. The zero-order valence-corrected chi connectivity index (χ0v) is 21.3. The van der Waals surface area contributed by atoms with Crippen molar-refractivity contribution < 1.29 is 19.1 Å². The molecule has 2 rings (SSSR count). The average molecular weight is 464 g/mol. The van der Waals surface area contributed by atoms with E-state index in [-0.39, 0.29) is 24.3 Å². The van der Waals surface area contributed by atoms with Gasteiger partial charge >= 0.3 is 6.09 Å². The minimum Gasteiger partial charge on any atom is -0.444 e. The highest BCUT2D eigenvalue weighted by Crippen LogP contribution is 2.20. The number of carbonyl (C=O) groups is 3. The first-order chi connectivity index (χ1) is 15.4. The van der Waals surface area contributed by atoms with Crippen LogP contribution in [0, 0.1) is 25.7 Å². The van der Waals surface area contributed by atoms with Crippen molar-refractivity contribution >= 4 is 17.9 Å². The van der Waals surface area contributed by atoms with Gasteiger partial charge in [-0.2, -0.15) is 5.10 Å². The van der Waals surface area contributed by atoms with Crippen LogP contribution < -0.4 is 10.6 Å². The van der Waals surface area contributed by atoms with Crippen molar-refractivity contribution in [1.29, 1.82) is 0 Å². The predicted molar refractivity (Wildman–Crippen MR) is 127 cm³/mol. The Labute approximate surface area is 197 Å². The SMILES string of the molecule is Cc1nn(CC(C)C)c(C)c1CC(=O)N1CCCC(C(=O)NCCNC(=O)OC(C)(C)C)C1. The molecule has 186 valence electrons. The van der Waals surface area contributed by atoms with Gasteiger partial charge in [0, 0.05) is 44.0 Å². The number of ether oxygens (including phenoxy) is 1. The summed E-state index contributed by atoms with van der Waals surface area (Å²) >= 11 is 0. The van der Waals surface area contributed by atoms with Crippen molar-refractivity contribution in [1.82, 2.24) is 25.3 Å². The molecule has 0 bridgehead atoms. The first-order valence-corrected chi connectivity index (χ1v) is 11.9. The van der Waals surface area contributed by atoms with Gasteiger partial charge in [-0.05, 0) is 53.4 Å². The molecule has 3 amide bonds. The molecule has 0 spiro atoms. The topological polar surface area (TPSA) is 106 Å². The number of piperidine rings is 1. The molecule has 0 aromatic carbocycles. The number of nitrogens with zero attached hydrogens (tertiary/aromatic N) is 3. The third-order valence-corrected chi connectivity index (χ3v) is 5.63. The van der Waals surface area contributed by atoms with Gasteiger partial charge in [-0.1, -0.05) is 13.8 Å². The Morgan fingerprint density at radius 1 is 1.15 bits per heavy atom. The first-order valence-electron chi connectivity index (χ1n) is 11.9. The summed E-state index contributed by atoms with van der Waals surface area (Å²) < 4.78 is 7.16. The number of likely N-dealkylation sites (tertiary alicyclic amines) is 1. The van der Waals surface area contributed by atoms with Crippen molar-refractivity contribution in [3.05, 3.63) is 17.0 Å². The van der Waals surface area contributed by atoms with E-state index >= 15 is 0 Å². The van der Waals surface area contributed by atoms with E-state index in [2.05, 4.69) is 29.6 Å². The standard InChI is InChI=1S/C24H41N5O4/c1-16(2)14-29-18(4)20(17(3)27-29)13-21(30)28-12-8-9-19(15-28)22(31)25-10-11-26-23(32)33-24(5,6)7/h16,19H,8-15H2,1-7H3,(H,25,31)(H,26,32). The van der Waals surface area contributed by atoms with E-state index in [9.17, 15) is 14.4 Å². The molecule has 1 unspecified atom stereocenters. The lowest BCUT2D eigenvalue weighted by Crippen LogP contribution is -2.47. The average Bonchev–Trinajstić information content (AvgIpc) is 2.96. The molecule has 0 aliphatic carbocycles. The van der Waals surface area contributed by atoms with Crippen molar-refractivity contribution in [2.24, 2.45) is 11.8 Å². The summed E-state index contributed by atoms with van der Waals surface area (Å²) in [5.41, 5.74) is 2.36.